The number of aliphatic hydroxyl groups is 1. The van der Waals surface area contributed by atoms with E-state index in [2.05, 4.69) is 43.9 Å². The molecule has 1 atom stereocenters. The van der Waals surface area contributed by atoms with E-state index in [1.165, 1.54) is 5.56 Å². The molecular formula is C34H43NO3. The lowest BCUT2D eigenvalue weighted by Crippen LogP contribution is -2.45. The minimum Gasteiger partial charge on any atom is -0.496 e. The Bertz CT molecular complexity index is 1170. The van der Waals surface area contributed by atoms with Gasteiger partial charge in [-0.2, -0.15) is 0 Å². The lowest BCUT2D eigenvalue weighted by molar-refractivity contribution is -0.0489. The summed E-state index contributed by atoms with van der Waals surface area (Å²) < 4.78 is 5.60. The van der Waals surface area contributed by atoms with Crippen LogP contribution in [0.2, 0.25) is 0 Å². The number of methoxy groups -OCH3 is 1. The van der Waals surface area contributed by atoms with Gasteiger partial charge in [-0.05, 0) is 73.0 Å². The Kier molecular flexibility index (Phi) is 9.07. The van der Waals surface area contributed by atoms with Crippen LogP contribution in [-0.2, 0) is 17.4 Å². The molecule has 4 heteroatoms. The van der Waals surface area contributed by atoms with Crippen LogP contribution in [-0.4, -0.2) is 42.5 Å². The van der Waals surface area contributed by atoms with Gasteiger partial charge in [-0.3, -0.25) is 4.79 Å². The predicted octanol–water partition coefficient (Wildman–Crippen LogP) is 6.80. The first-order valence-electron chi connectivity index (χ1n) is 14.0. The molecule has 4 nitrogen and oxygen atoms in total. The second-order valence-electron chi connectivity index (χ2n) is 11.7. The van der Waals surface area contributed by atoms with Crippen molar-refractivity contribution in [3.05, 3.63) is 101 Å². The highest BCUT2D eigenvalue weighted by Crippen LogP contribution is 2.41. The van der Waals surface area contributed by atoms with Crippen molar-refractivity contribution in [1.82, 2.24) is 4.90 Å². The molecule has 3 aromatic carbocycles. The Balaban J connectivity index is 1.34. The average molecular weight is 514 g/mol. The molecule has 0 amide bonds. The van der Waals surface area contributed by atoms with Gasteiger partial charge in [-0.15, -0.1) is 0 Å². The zero-order valence-corrected chi connectivity index (χ0v) is 23.5. The quantitative estimate of drug-likeness (QED) is 0.303. The Labute approximate surface area is 228 Å². The monoisotopic (exact) mass is 513 g/mol. The summed E-state index contributed by atoms with van der Waals surface area (Å²) in [4.78, 5) is 15.2. The van der Waals surface area contributed by atoms with Crippen LogP contribution in [0.15, 0.2) is 78.9 Å². The number of hydrogen-bond acceptors (Lipinski definition) is 4. The van der Waals surface area contributed by atoms with E-state index < -0.39 is 5.60 Å². The van der Waals surface area contributed by atoms with Crippen molar-refractivity contribution in [2.75, 3.05) is 26.7 Å². The molecule has 0 aliphatic carbocycles. The third kappa shape index (κ3) is 6.73. The van der Waals surface area contributed by atoms with Gasteiger partial charge in [0.15, 0.2) is 5.78 Å². The van der Waals surface area contributed by atoms with Gasteiger partial charge in [0.1, 0.15) is 5.75 Å². The fraction of sp³-hybridized carbons (Fsp3) is 0.441. The molecule has 38 heavy (non-hydrogen) atoms. The molecular weight excluding hydrogens is 470 g/mol. The molecule has 1 aliphatic rings. The van der Waals surface area contributed by atoms with Gasteiger partial charge < -0.3 is 14.7 Å². The highest BCUT2D eigenvalue weighted by molar-refractivity contribution is 5.96. The third-order valence-corrected chi connectivity index (χ3v) is 8.14. The SMILES string of the molecule is COc1ccccc1CC(O)(c1ccccc1)C1CCN(CCCC(=O)c2ccc(C(C)(C)C)cc2)CC1. The Morgan fingerprint density at radius 1 is 0.895 bits per heavy atom. The van der Waals surface area contributed by atoms with Gasteiger partial charge in [0.2, 0.25) is 0 Å². The summed E-state index contributed by atoms with van der Waals surface area (Å²) in [6.07, 6.45) is 3.78. The van der Waals surface area contributed by atoms with Crippen molar-refractivity contribution < 1.29 is 14.6 Å². The molecule has 1 N–H and O–H groups in total. The van der Waals surface area contributed by atoms with Gasteiger partial charge in [-0.25, -0.2) is 0 Å². The predicted molar refractivity (Wildman–Crippen MR) is 155 cm³/mol. The molecule has 4 rings (SSSR count). The maximum absolute atomic E-state index is 12.8. The van der Waals surface area contributed by atoms with Crippen molar-refractivity contribution in [1.29, 1.82) is 0 Å². The summed E-state index contributed by atoms with van der Waals surface area (Å²) in [5.41, 5.74) is 3.18. The van der Waals surface area contributed by atoms with Crippen LogP contribution >= 0.6 is 0 Å². The number of ether oxygens (including phenoxy) is 1. The van der Waals surface area contributed by atoms with Crippen molar-refractivity contribution >= 4 is 5.78 Å². The molecule has 0 bridgehead atoms. The molecule has 1 aliphatic heterocycles. The van der Waals surface area contributed by atoms with Crippen molar-refractivity contribution in [3.8, 4) is 5.75 Å². The molecule has 0 aromatic heterocycles. The number of para-hydroxylation sites is 1. The Morgan fingerprint density at radius 3 is 2.16 bits per heavy atom. The number of ketones is 1. The summed E-state index contributed by atoms with van der Waals surface area (Å²) in [5.74, 6) is 1.18. The maximum Gasteiger partial charge on any atom is 0.162 e. The molecule has 1 heterocycles. The zero-order valence-electron chi connectivity index (χ0n) is 23.5. The van der Waals surface area contributed by atoms with Gasteiger partial charge >= 0.3 is 0 Å². The normalized spacial score (nSPS) is 16.7. The third-order valence-electron chi connectivity index (χ3n) is 8.14. The largest absolute Gasteiger partial charge is 0.496 e. The van der Waals surface area contributed by atoms with Gasteiger partial charge in [0.05, 0.1) is 12.7 Å². The minimum atomic E-state index is -0.961. The van der Waals surface area contributed by atoms with E-state index in [9.17, 15) is 9.90 Å². The van der Waals surface area contributed by atoms with E-state index in [1.54, 1.807) is 7.11 Å². The molecule has 1 unspecified atom stereocenters. The molecule has 1 fully saturated rings. The highest BCUT2D eigenvalue weighted by atomic mass is 16.5. The summed E-state index contributed by atoms with van der Waals surface area (Å²) >= 11 is 0. The second kappa shape index (κ2) is 12.3. The van der Waals surface area contributed by atoms with E-state index in [4.69, 9.17) is 4.74 Å². The van der Waals surface area contributed by atoms with Crippen LogP contribution in [0.4, 0.5) is 0 Å². The molecule has 202 valence electrons. The van der Waals surface area contributed by atoms with E-state index >= 15 is 0 Å². The summed E-state index contributed by atoms with van der Waals surface area (Å²) in [6, 6.07) is 26.2. The lowest BCUT2D eigenvalue weighted by atomic mass is 9.72. The van der Waals surface area contributed by atoms with Gasteiger partial charge in [0, 0.05) is 18.4 Å². The summed E-state index contributed by atoms with van der Waals surface area (Å²) in [7, 11) is 1.69. The van der Waals surface area contributed by atoms with Gasteiger partial charge in [-0.1, -0.05) is 93.6 Å². The number of likely N-dealkylation sites (tertiary alicyclic amines) is 1. The zero-order chi connectivity index (χ0) is 27.2. The van der Waals surface area contributed by atoms with Crippen LogP contribution in [0.5, 0.6) is 5.75 Å². The number of benzene rings is 3. The Hall–Kier alpha value is -2.95. The molecule has 1 saturated heterocycles. The second-order valence-corrected chi connectivity index (χ2v) is 11.7. The number of carbonyl (C=O) groups excluding carboxylic acids is 1. The first kappa shape index (κ1) is 28.1. The minimum absolute atomic E-state index is 0.0908. The average Bonchev–Trinajstić information content (AvgIpc) is 2.93. The Morgan fingerprint density at radius 2 is 1.53 bits per heavy atom. The molecule has 0 saturated carbocycles. The van der Waals surface area contributed by atoms with E-state index in [0.29, 0.717) is 12.8 Å². The highest BCUT2D eigenvalue weighted by Gasteiger charge is 2.40. The fourth-order valence-electron chi connectivity index (χ4n) is 5.75. The van der Waals surface area contributed by atoms with Crippen LogP contribution in [0, 0.1) is 5.92 Å². The topological polar surface area (TPSA) is 49.8 Å². The van der Waals surface area contributed by atoms with Crippen LogP contribution < -0.4 is 4.74 Å². The number of Topliss-reactive ketones (excluding diaryl/α,β-unsaturated/α-hetero) is 1. The first-order valence-corrected chi connectivity index (χ1v) is 14.0. The van der Waals surface area contributed by atoms with E-state index in [0.717, 1.165) is 61.3 Å². The number of nitrogens with zero attached hydrogens (tertiary/aromatic N) is 1. The maximum atomic E-state index is 12.8. The summed E-state index contributed by atoms with van der Waals surface area (Å²) in [6.45, 7) is 9.33. The number of hydrogen-bond donors (Lipinski definition) is 1. The van der Waals surface area contributed by atoms with Crippen LogP contribution in [0.25, 0.3) is 0 Å². The van der Waals surface area contributed by atoms with E-state index in [-0.39, 0.29) is 17.1 Å². The molecule has 0 radical (unpaired) electrons. The smallest absolute Gasteiger partial charge is 0.162 e. The van der Waals surface area contributed by atoms with E-state index in [1.807, 2.05) is 60.7 Å². The standard InChI is InChI=1S/C34H43NO3/c1-33(2,3)28-18-16-26(17-19-28)31(36)14-10-22-35-23-20-30(21-24-35)34(37,29-12-6-5-7-13-29)25-27-11-8-9-15-32(27)38-4/h5-9,11-13,15-19,30,37H,10,14,20-25H2,1-4H3. The number of piperidine rings is 1. The molecule has 0 spiro atoms. The number of rotatable bonds is 10. The van der Waals surface area contributed by atoms with Crippen LogP contribution in [0.1, 0.15) is 73.5 Å². The number of carbonyl (C=O) groups is 1. The fourth-order valence-corrected chi connectivity index (χ4v) is 5.75. The van der Waals surface area contributed by atoms with Gasteiger partial charge in [0.25, 0.3) is 0 Å². The van der Waals surface area contributed by atoms with Crippen molar-refractivity contribution in [2.45, 2.75) is 63.9 Å². The first-order chi connectivity index (χ1) is 18.2. The van der Waals surface area contributed by atoms with Crippen molar-refractivity contribution in [2.24, 2.45) is 5.92 Å². The molecule has 3 aromatic rings. The summed E-state index contributed by atoms with van der Waals surface area (Å²) in [5, 5.41) is 12.2. The van der Waals surface area contributed by atoms with Crippen molar-refractivity contribution in [3.63, 3.8) is 0 Å². The lowest BCUT2D eigenvalue weighted by Gasteiger charge is -2.42. The van der Waals surface area contributed by atoms with Crippen LogP contribution in [0.3, 0.4) is 0 Å².